The van der Waals surface area contributed by atoms with Crippen molar-refractivity contribution in [1.29, 1.82) is 0 Å². The quantitative estimate of drug-likeness (QED) is 0.703. The molecule has 0 unspecified atom stereocenters. The number of methoxy groups -OCH3 is 2. The van der Waals surface area contributed by atoms with E-state index in [2.05, 4.69) is 4.98 Å². The highest BCUT2D eigenvalue weighted by Crippen LogP contribution is 2.33. The standard InChI is InChI=1S/C9H12ClNO2/c1-6-8(12-2)9(13-3)7(4-10)5-11-6/h5H,4H2,1-3H3. The van der Waals surface area contributed by atoms with Crippen molar-refractivity contribution in [3.63, 3.8) is 0 Å². The van der Waals surface area contributed by atoms with Crippen LogP contribution < -0.4 is 9.47 Å². The van der Waals surface area contributed by atoms with Crippen molar-refractivity contribution in [3.05, 3.63) is 17.5 Å². The van der Waals surface area contributed by atoms with Gasteiger partial charge in [-0.25, -0.2) is 0 Å². The molecule has 0 aromatic carbocycles. The summed E-state index contributed by atoms with van der Waals surface area (Å²) in [6, 6.07) is 0. The molecule has 0 amide bonds. The van der Waals surface area contributed by atoms with Crippen LogP contribution in [0.25, 0.3) is 0 Å². The number of nitrogens with zero attached hydrogens (tertiary/aromatic N) is 1. The number of rotatable bonds is 3. The lowest BCUT2D eigenvalue weighted by atomic mass is 10.2. The molecule has 0 aliphatic carbocycles. The van der Waals surface area contributed by atoms with Crippen molar-refractivity contribution in [2.24, 2.45) is 0 Å². The van der Waals surface area contributed by atoms with Gasteiger partial charge >= 0.3 is 0 Å². The smallest absolute Gasteiger partial charge is 0.182 e. The summed E-state index contributed by atoms with van der Waals surface area (Å²) in [5.74, 6) is 1.69. The minimum Gasteiger partial charge on any atom is -0.492 e. The van der Waals surface area contributed by atoms with Crippen LogP contribution >= 0.6 is 11.6 Å². The van der Waals surface area contributed by atoms with E-state index in [9.17, 15) is 0 Å². The van der Waals surface area contributed by atoms with Crippen LogP contribution in [-0.2, 0) is 5.88 Å². The number of hydrogen-bond acceptors (Lipinski definition) is 3. The number of aromatic nitrogens is 1. The zero-order valence-electron chi connectivity index (χ0n) is 7.93. The average molecular weight is 202 g/mol. The van der Waals surface area contributed by atoms with Crippen LogP contribution in [-0.4, -0.2) is 19.2 Å². The minimum atomic E-state index is 0.368. The molecule has 13 heavy (non-hydrogen) atoms. The first-order valence-electron chi connectivity index (χ1n) is 3.87. The fraction of sp³-hybridized carbons (Fsp3) is 0.444. The van der Waals surface area contributed by atoms with E-state index in [1.54, 1.807) is 20.4 Å². The SMILES string of the molecule is COc1c(CCl)cnc(C)c1OC. The van der Waals surface area contributed by atoms with Crippen molar-refractivity contribution >= 4 is 11.6 Å². The van der Waals surface area contributed by atoms with Gasteiger partial charge in [-0.05, 0) is 6.92 Å². The Bertz CT molecular complexity index is 302. The Labute approximate surface area is 82.6 Å². The van der Waals surface area contributed by atoms with Crippen LogP contribution in [0.3, 0.4) is 0 Å². The number of hydrogen-bond donors (Lipinski definition) is 0. The summed E-state index contributed by atoms with van der Waals surface area (Å²) < 4.78 is 10.4. The monoisotopic (exact) mass is 201 g/mol. The highest BCUT2D eigenvalue weighted by Gasteiger charge is 2.12. The molecule has 72 valence electrons. The zero-order chi connectivity index (χ0) is 9.84. The van der Waals surface area contributed by atoms with Crippen molar-refractivity contribution in [2.45, 2.75) is 12.8 Å². The van der Waals surface area contributed by atoms with Crippen LogP contribution in [0, 0.1) is 6.92 Å². The second kappa shape index (κ2) is 4.33. The third-order valence-corrected chi connectivity index (χ3v) is 2.08. The van der Waals surface area contributed by atoms with Crippen LogP contribution in [0.5, 0.6) is 11.5 Å². The zero-order valence-corrected chi connectivity index (χ0v) is 8.68. The average Bonchev–Trinajstić information content (AvgIpc) is 2.17. The maximum Gasteiger partial charge on any atom is 0.182 e. The van der Waals surface area contributed by atoms with Gasteiger partial charge in [0.15, 0.2) is 11.5 Å². The Kier molecular flexibility index (Phi) is 3.37. The van der Waals surface area contributed by atoms with Gasteiger partial charge < -0.3 is 9.47 Å². The summed E-state index contributed by atoms with van der Waals surface area (Å²) in [7, 11) is 3.18. The highest BCUT2D eigenvalue weighted by atomic mass is 35.5. The summed E-state index contributed by atoms with van der Waals surface area (Å²) in [6.45, 7) is 1.86. The molecule has 0 saturated carbocycles. The molecule has 0 N–H and O–H groups in total. The number of aryl methyl sites for hydroxylation is 1. The van der Waals surface area contributed by atoms with E-state index in [1.807, 2.05) is 6.92 Å². The van der Waals surface area contributed by atoms with Gasteiger partial charge in [0.05, 0.1) is 25.8 Å². The lowest BCUT2D eigenvalue weighted by Gasteiger charge is -2.12. The van der Waals surface area contributed by atoms with Crippen LogP contribution in [0.1, 0.15) is 11.3 Å². The Morgan fingerprint density at radius 2 is 1.92 bits per heavy atom. The van der Waals surface area contributed by atoms with E-state index in [1.165, 1.54) is 0 Å². The molecule has 3 nitrogen and oxygen atoms in total. The molecule has 4 heteroatoms. The Balaban J connectivity index is 3.27. The molecule has 0 aliphatic heterocycles. The van der Waals surface area contributed by atoms with E-state index >= 15 is 0 Å². The lowest BCUT2D eigenvalue weighted by Crippen LogP contribution is -1.98. The van der Waals surface area contributed by atoms with E-state index in [0.717, 1.165) is 11.3 Å². The first-order chi connectivity index (χ1) is 6.24. The molecule has 1 heterocycles. The number of alkyl halides is 1. The van der Waals surface area contributed by atoms with E-state index in [4.69, 9.17) is 21.1 Å². The first kappa shape index (κ1) is 10.1. The molecule has 1 rings (SSSR count). The second-order valence-electron chi connectivity index (χ2n) is 2.57. The third kappa shape index (κ3) is 1.86. The molecule has 1 aromatic heterocycles. The molecular weight excluding hydrogens is 190 g/mol. The van der Waals surface area contributed by atoms with Crippen LogP contribution in [0.2, 0.25) is 0 Å². The van der Waals surface area contributed by atoms with E-state index < -0.39 is 0 Å². The predicted molar refractivity (Wildman–Crippen MR) is 51.6 cm³/mol. The summed E-state index contributed by atoms with van der Waals surface area (Å²) in [5.41, 5.74) is 1.64. The normalized spacial score (nSPS) is 9.85. The van der Waals surface area contributed by atoms with Gasteiger partial charge in [0, 0.05) is 11.8 Å². The van der Waals surface area contributed by atoms with Gasteiger partial charge in [-0.3, -0.25) is 4.98 Å². The van der Waals surface area contributed by atoms with Gasteiger partial charge in [0.25, 0.3) is 0 Å². The summed E-state index contributed by atoms with van der Waals surface area (Å²) in [5, 5.41) is 0. The van der Waals surface area contributed by atoms with Crippen LogP contribution in [0.15, 0.2) is 6.20 Å². The number of ether oxygens (including phenoxy) is 2. The fourth-order valence-corrected chi connectivity index (χ4v) is 1.35. The molecule has 0 aliphatic rings. The molecule has 1 aromatic rings. The van der Waals surface area contributed by atoms with Gasteiger partial charge in [-0.1, -0.05) is 0 Å². The largest absolute Gasteiger partial charge is 0.492 e. The molecular formula is C9H12ClNO2. The summed E-state index contributed by atoms with van der Waals surface area (Å²) >= 11 is 5.72. The molecule has 0 saturated heterocycles. The van der Waals surface area contributed by atoms with Gasteiger partial charge in [0.2, 0.25) is 0 Å². The van der Waals surface area contributed by atoms with Gasteiger partial charge in [-0.2, -0.15) is 0 Å². The van der Waals surface area contributed by atoms with E-state index in [0.29, 0.717) is 17.4 Å². The molecule has 0 atom stereocenters. The molecule has 0 bridgehead atoms. The Hall–Kier alpha value is -0.960. The van der Waals surface area contributed by atoms with E-state index in [-0.39, 0.29) is 0 Å². The topological polar surface area (TPSA) is 31.4 Å². The third-order valence-electron chi connectivity index (χ3n) is 1.79. The van der Waals surface area contributed by atoms with Crippen LogP contribution in [0.4, 0.5) is 0 Å². The maximum absolute atomic E-state index is 5.72. The molecule has 0 radical (unpaired) electrons. The highest BCUT2D eigenvalue weighted by molar-refractivity contribution is 6.17. The maximum atomic E-state index is 5.72. The molecule has 0 fully saturated rings. The van der Waals surface area contributed by atoms with Crippen molar-refractivity contribution in [2.75, 3.05) is 14.2 Å². The number of pyridine rings is 1. The Morgan fingerprint density at radius 1 is 1.31 bits per heavy atom. The summed E-state index contributed by atoms with van der Waals surface area (Å²) in [6.07, 6.45) is 1.70. The van der Waals surface area contributed by atoms with Gasteiger partial charge in [-0.15, -0.1) is 11.6 Å². The molecule has 0 spiro atoms. The van der Waals surface area contributed by atoms with Crippen molar-refractivity contribution in [3.8, 4) is 11.5 Å². The van der Waals surface area contributed by atoms with Crippen molar-refractivity contribution < 1.29 is 9.47 Å². The van der Waals surface area contributed by atoms with Gasteiger partial charge in [0.1, 0.15) is 0 Å². The lowest BCUT2D eigenvalue weighted by molar-refractivity contribution is 0.348. The Morgan fingerprint density at radius 3 is 2.38 bits per heavy atom. The van der Waals surface area contributed by atoms with Crippen molar-refractivity contribution in [1.82, 2.24) is 4.98 Å². The predicted octanol–water partition coefficient (Wildman–Crippen LogP) is 2.15. The summed E-state index contributed by atoms with van der Waals surface area (Å²) in [4.78, 5) is 4.14. The number of halogens is 1. The first-order valence-corrected chi connectivity index (χ1v) is 4.40. The fourth-order valence-electron chi connectivity index (χ4n) is 1.16. The minimum absolute atomic E-state index is 0.368. The second-order valence-corrected chi connectivity index (χ2v) is 2.84.